The maximum atomic E-state index is 10.7. The third-order valence-electron chi connectivity index (χ3n) is 1.21. The van der Waals surface area contributed by atoms with E-state index in [-0.39, 0.29) is 0 Å². The van der Waals surface area contributed by atoms with Gasteiger partial charge in [0.05, 0.1) is 0 Å². The Bertz CT molecular complexity index is 251. The fourth-order valence-electron chi connectivity index (χ4n) is 0.676. The lowest BCUT2D eigenvalue weighted by Gasteiger charge is -2.16. The van der Waals surface area contributed by atoms with Gasteiger partial charge in [0.25, 0.3) is 18.0 Å². The van der Waals surface area contributed by atoms with Crippen LogP contribution in [0.3, 0.4) is 0 Å². The van der Waals surface area contributed by atoms with E-state index < -0.39 is 24.7 Å². The highest BCUT2D eigenvalue weighted by Gasteiger charge is 2.22. The lowest BCUT2D eigenvalue weighted by Crippen LogP contribution is -2.36. The topological polar surface area (TPSA) is 86.7 Å². The van der Waals surface area contributed by atoms with Gasteiger partial charge in [0.1, 0.15) is 6.73 Å². The SMILES string of the molecule is O=C([O-])OCN1C(=O)C=CC1=O. The molecule has 0 aliphatic carbocycles. The van der Waals surface area contributed by atoms with Crippen LogP contribution in [0.2, 0.25) is 0 Å². The molecule has 1 aliphatic heterocycles. The Morgan fingerprint density at radius 2 is 1.92 bits per heavy atom. The molecule has 0 bridgehead atoms. The van der Waals surface area contributed by atoms with E-state index in [9.17, 15) is 19.5 Å². The highest BCUT2D eigenvalue weighted by Crippen LogP contribution is 2.02. The van der Waals surface area contributed by atoms with Crippen molar-refractivity contribution in [3.05, 3.63) is 12.2 Å². The lowest BCUT2D eigenvalue weighted by molar-refractivity contribution is -0.285. The van der Waals surface area contributed by atoms with Gasteiger partial charge in [0.2, 0.25) is 0 Å². The van der Waals surface area contributed by atoms with Crippen LogP contribution in [0.25, 0.3) is 0 Å². The number of ether oxygens (including phenoxy) is 1. The summed E-state index contributed by atoms with van der Waals surface area (Å²) in [6.45, 7) is -0.618. The van der Waals surface area contributed by atoms with Crippen molar-refractivity contribution in [1.29, 1.82) is 0 Å². The van der Waals surface area contributed by atoms with Crippen LogP contribution in [0.1, 0.15) is 0 Å². The molecule has 64 valence electrons. The van der Waals surface area contributed by atoms with Gasteiger partial charge in [-0.3, -0.25) is 14.5 Å². The molecule has 2 amide bonds. The first kappa shape index (κ1) is 8.25. The van der Waals surface area contributed by atoms with Gasteiger partial charge in [0.15, 0.2) is 0 Å². The minimum atomic E-state index is -1.78. The molecule has 1 rings (SSSR count). The second kappa shape index (κ2) is 3.04. The average molecular weight is 170 g/mol. The van der Waals surface area contributed by atoms with Crippen molar-refractivity contribution in [1.82, 2.24) is 4.90 Å². The molecule has 0 saturated heterocycles. The zero-order valence-electron chi connectivity index (χ0n) is 5.85. The molecular formula is C6H4NO5-. The van der Waals surface area contributed by atoms with E-state index in [0.29, 0.717) is 4.90 Å². The largest absolute Gasteiger partial charge is 0.529 e. The number of amides is 2. The Morgan fingerprint density at radius 3 is 2.33 bits per heavy atom. The van der Waals surface area contributed by atoms with Crippen LogP contribution in [0, 0.1) is 0 Å². The van der Waals surface area contributed by atoms with E-state index in [1.54, 1.807) is 0 Å². The van der Waals surface area contributed by atoms with Crippen LogP contribution in [0.5, 0.6) is 0 Å². The summed E-state index contributed by atoms with van der Waals surface area (Å²) < 4.78 is 3.92. The molecule has 12 heavy (non-hydrogen) atoms. The van der Waals surface area contributed by atoms with E-state index in [4.69, 9.17) is 0 Å². The molecule has 0 aromatic heterocycles. The van der Waals surface area contributed by atoms with Crippen molar-refractivity contribution in [2.24, 2.45) is 0 Å². The molecule has 0 unspecified atom stereocenters. The van der Waals surface area contributed by atoms with Crippen molar-refractivity contribution in [3.8, 4) is 0 Å². The fraction of sp³-hybridized carbons (Fsp3) is 0.167. The minimum Gasteiger partial charge on any atom is -0.529 e. The van der Waals surface area contributed by atoms with Gasteiger partial charge < -0.3 is 14.6 Å². The number of nitrogens with zero attached hydrogens (tertiary/aromatic N) is 1. The minimum absolute atomic E-state index is 0.596. The number of carboxylic acid groups (broad SMARTS) is 1. The second-order valence-electron chi connectivity index (χ2n) is 1.96. The van der Waals surface area contributed by atoms with Crippen molar-refractivity contribution >= 4 is 18.0 Å². The van der Waals surface area contributed by atoms with Crippen molar-refractivity contribution in [2.75, 3.05) is 6.73 Å². The quantitative estimate of drug-likeness (QED) is 0.361. The van der Waals surface area contributed by atoms with Gasteiger partial charge in [-0.1, -0.05) is 0 Å². The maximum Gasteiger partial charge on any atom is 0.255 e. The number of rotatable bonds is 2. The monoisotopic (exact) mass is 170 g/mol. The summed E-state index contributed by atoms with van der Waals surface area (Å²) in [6, 6.07) is 0. The summed E-state index contributed by atoms with van der Waals surface area (Å²) in [7, 11) is 0. The molecule has 0 atom stereocenters. The number of hydrogen-bond acceptors (Lipinski definition) is 5. The standard InChI is InChI=1S/C6H5NO5/c8-4-1-2-5(9)7(4)3-12-6(10)11/h1-2H,3H2,(H,10,11)/p-1. The number of carbonyl (C=O) groups is 3. The molecule has 0 fully saturated rings. The van der Waals surface area contributed by atoms with E-state index in [0.717, 1.165) is 12.2 Å². The van der Waals surface area contributed by atoms with Gasteiger partial charge in [-0.2, -0.15) is 0 Å². The van der Waals surface area contributed by atoms with E-state index in [2.05, 4.69) is 4.74 Å². The normalized spacial score (nSPS) is 15.5. The van der Waals surface area contributed by atoms with Crippen LogP contribution in [0.15, 0.2) is 12.2 Å². The Balaban J connectivity index is 2.48. The molecule has 0 aromatic carbocycles. The van der Waals surface area contributed by atoms with Gasteiger partial charge in [-0.05, 0) is 0 Å². The molecule has 6 heteroatoms. The summed E-state index contributed by atoms with van der Waals surface area (Å²) in [4.78, 5) is 31.8. The molecule has 0 spiro atoms. The molecule has 0 radical (unpaired) electrons. The molecule has 1 heterocycles. The van der Waals surface area contributed by atoms with Crippen molar-refractivity contribution < 1.29 is 24.2 Å². The number of hydrogen-bond donors (Lipinski definition) is 0. The molecule has 0 aromatic rings. The highest BCUT2D eigenvalue weighted by atomic mass is 16.7. The van der Waals surface area contributed by atoms with Crippen LogP contribution < -0.4 is 5.11 Å². The molecule has 0 N–H and O–H groups in total. The van der Waals surface area contributed by atoms with Crippen LogP contribution in [-0.2, 0) is 14.3 Å². The van der Waals surface area contributed by atoms with Crippen molar-refractivity contribution in [2.45, 2.75) is 0 Å². The van der Waals surface area contributed by atoms with Crippen LogP contribution in [0.4, 0.5) is 4.79 Å². The smallest absolute Gasteiger partial charge is 0.255 e. The Morgan fingerprint density at radius 1 is 1.42 bits per heavy atom. The molecule has 1 aliphatic rings. The third kappa shape index (κ3) is 1.60. The first-order chi connectivity index (χ1) is 5.61. The Kier molecular flexibility index (Phi) is 2.09. The summed E-state index contributed by atoms with van der Waals surface area (Å²) in [6.07, 6.45) is 0.282. The fourth-order valence-corrected chi connectivity index (χ4v) is 0.676. The average Bonchev–Trinajstić information content (AvgIpc) is 2.28. The van der Waals surface area contributed by atoms with E-state index in [1.807, 2.05) is 0 Å². The first-order valence-electron chi connectivity index (χ1n) is 2.98. The first-order valence-corrected chi connectivity index (χ1v) is 2.98. The van der Waals surface area contributed by atoms with Crippen LogP contribution >= 0.6 is 0 Å². The van der Waals surface area contributed by atoms with E-state index >= 15 is 0 Å². The Hall–Kier alpha value is -1.85. The zero-order valence-corrected chi connectivity index (χ0v) is 5.85. The summed E-state index contributed by atoms with van der Waals surface area (Å²) in [5, 5.41) is 9.77. The third-order valence-corrected chi connectivity index (χ3v) is 1.21. The predicted octanol–water partition coefficient (Wildman–Crippen LogP) is -1.77. The summed E-state index contributed by atoms with van der Waals surface area (Å²) in [5.41, 5.74) is 0. The Labute approximate surface area is 67.0 Å². The summed E-state index contributed by atoms with van der Waals surface area (Å²) >= 11 is 0. The van der Waals surface area contributed by atoms with Crippen molar-refractivity contribution in [3.63, 3.8) is 0 Å². The van der Waals surface area contributed by atoms with Gasteiger partial charge in [-0.15, -0.1) is 0 Å². The molecular weight excluding hydrogens is 166 g/mol. The maximum absolute atomic E-state index is 10.7. The van der Waals surface area contributed by atoms with Gasteiger partial charge >= 0.3 is 0 Å². The number of carbonyl (C=O) groups excluding carboxylic acids is 3. The van der Waals surface area contributed by atoms with Gasteiger partial charge in [0, 0.05) is 12.2 Å². The van der Waals surface area contributed by atoms with Crippen LogP contribution in [-0.4, -0.2) is 29.6 Å². The number of imide groups is 1. The van der Waals surface area contributed by atoms with Gasteiger partial charge in [-0.25, -0.2) is 0 Å². The molecule has 0 saturated carbocycles. The zero-order chi connectivity index (χ0) is 9.14. The van der Waals surface area contributed by atoms with E-state index in [1.165, 1.54) is 0 Å². The second-order valence-corrected chi connectivity index (χ2v) is 1.96. The molecule has 6 nitrogen and oxygen atoms in total. The predicted molar refractivity (Wildman–Crippen MR) is 32.3 cm³/mol. The summed E-state index contributed by atoms with van der Waals surface area (Å²) in [5.74, 6) is -1.19. The highest BCUT2D eigenvalue weighted by molar-refractivity contribution is 6.12. The lowest BCUT2D eigenvalue weighted by atomic mass is 10.6.